The van der Waals surface area contributed by atoms with Gasteiger partial charge in [0.05, 0.1) is 4.92 Å². The zero-order valence-corrected chi connectivity index (χ0v) is 8.50. The molecule has 0 fully saturated rings. The summed E-state index contributed by atoms with van der Waals surface area (Å²) in [5, 5.41) is 18.9. The molecular weight excluding hydrogens is 212 g/mol. The van der Waals surface area contributed by atoms with Gasteiger partial charge in [-0.05, 0) is 18.4 Å². The van der Waals surface area contributed by atoms with E-state index in [2.05, 4.69) is 0 Å². The lowest BCUT2D eigenvalue weighted by Gasteiger charge is -2.05. The highest BCUT2D eigenvalue weighted by Crippen LogP contribution is 2.13. The third-order valence-electron chi connectivity index (χ3n) is 2.21. The molecular formula is C10H12N2O4. The summed E-state index contributed by atoms with van der Waals surface area (Å²) in [7, 11) is 0. The molecule has 0 aliphatic rings. The number of nitro benzene ring substituents is 1. The van der Waals surface area contributed by atoms with Crippen LogP contribution in [0.1, 0.15) is 12.0 Å². The molecule has 0 radical (unpaired) electrons. The van der Waals surface area contributed by atoms with Gasteiger partial charge in [0.25, 0.3) is 5.69 Å². The fourth-order valence-electron chi connectivity index (χ4n) is 1.23. The topological polar surface area (TPSA) is 106 Å². The predicted molar refractivity (Wildman–Crippen MR) is 57.0 cm³/mol. The number of aliphatic carboxylic acids is 1. The molecule has 6 nitrogen and oxygen atoms in total. The molecule has 0 spiro atoms. The fourth-order valence-corrected chi connectivity index (χ4v) is 1.23. The molecule has 0 heterocycles. The quantitative estimate of drug-likeness (QED) is 0.571. The molecule has 3 N–H and O–H groups in total. The first kappa shape index (κ1) is 12.1. The molecule has 86 valence electrons. The number of carboxylic acids is 1. The monoisotopic (exact) mass is 224 g/mol. The van der Waals surface area contributed by atoms with E-state index in [0.717, 1.165) is 5.56 Å². The van der Waals surface area contributed by atoms with E-state index in [1.54, 1.807) is 12.1 Å². The molecule has 1 unspecified atom stereocenters. The van der Waals surface area contributed by atoms with Crippen LogP contribution in [0.4, 0.5) is 5.69 Å². The van der Waals surface area contributed by atoms with Crippen molar-refractivity contribution < 1.29 is 14.8 Å². The summed E-state index contributed by atoms with van der Waals surface area (Å²) in [4.78, 5) is 20.3. The molecule has 0 amide bonds. The molecule has 1 aromatic carbocycles. The highest BCUT2D eigenvalue weighted by Gasteiger charge is 2.11. The first-order valence-corrected chi connectivity index (χ1v) is 4.72. The number of rotatable bonds is 5. The van der Waals surface area contributed by atoms with Crippen LogP contribution in [0.3, 0.4) is 0 Å². The number of benzene rings is 1. The van der Waals surface area contributed by atoms with E-state index in [0.29, 0.717) is 12.8 Å². The molecule has 0 aliphatic heterocycles. The van der Waals surface area contributed by atoms with Crippen molar-refractivity contribution in [2.75, 3.05) is 0 Å². The lowest BCUT2D eigenvalue weighted by Crippen LogP contribution is -2.30. The minimum Gasteiger partial charge on any atom is -0.480 e. The van der Waals surface area contributed by atoms with Crippen LogP contribution in [0.25, 0.3) is 0 Å². The number of carbonyl (C=O) groups is 1. The van der Waals surface area contributed by atoms with Crippen molar-refractivity contribution in [3.63, 3.8) is 0 Å². The number of non-ortho nitro benzene ring substituents is 1. The van der Waals surface area contributed by atoms with Crippen LogP contribution < -0.4 is 5.73 Å². The number of aryl methyl sites for hydroxylation is 1. The normalized spacial score (nSPS) is 12.1. The SMILES string of the molecule is NC(CCc1ccc([N+](=O)[O-])cc1)C(=O)O. The average molecular weight is 224 g/mol. The number of hydrogen-bond acceptors (Lipinski definition) is 4. The lowest BCUT2D eigenvalue weighted by molar-refractivity contribution is -0.384. The summed E-state index contributed by atoms with van der Waals surface area (Å²) in [5.41, 5.74) is 6.19. The summed E-state index contributed by atoms with van der Waals surface area (Å²) < 4.78 is 0. The van der Waals surface area contributed by atoms with Crippen molar-refractivity contribution in [3.8, 4) is 0 Å². The van der Waals surface area contributed by atoms with Gasteiger partial charge in [-0.15, -0.1) is 0 Å². The largest absolute Gasteiger partial charge is 0.480 e. The average Bonchev–Trinajstić information content (AvgIpc) is 2.26. The first-order valence-electron chi connectivity index (χ1n) is 4.72. The molecule has 0 bridgehead atoms. The highest BCUT2D eigenvalue weighted by molar-refractivity contribution is 5.73. The van der Waals surface area contributed by atoms with Crippen LogP contribution in [0.5, 0.6) is 0 Å². The second-order valence-corrected chi connectivity index (χ2v) is 3.41. The Morgan fingerprint density at radius 1 is 1.44 bits per heavy atom. The van der Waals surface area contributed by atoms with E-state index in [1.807, 2.05) is 0 Å². The lowest BCUT2D eigenvalue weighted by atomic mass is 10.1. The summed E-state index contributed by atoms with van der Waals surface area (Å²) in [6.45, 7) is 0. The first-order chi connectivity index (χ1) is 7.50. The van der Waals surface area contributed by atoms with E-state index in [4.69, 9.17) is 10.8 Å². The molecule has 1 atom stereocenters. The minimum atomic E-state index is -1.04. The van der Waals surface area contributed by atoms with Gasteiger partial charge in [-0.1, -0.05) is 12.1 Å². The summed E-state index contributed by atoms with van der Waals surface area (Å²) in [6.07, 6.45) is 0.804. The summed E-state index contributed by atoms with van der Waals surface area (Å²) in [6, 6.07) is 5.10. The van der Waals surface area contributed by atoms with Gasteiger partial charge >= 0.3 is 5.97 Å². The van der Waals surface area contributed by atoms with Gasteiger partial charge in [0.1, 0.15) is 6.04 Å². The minimum absolute atomic E-state index is 0.0197. The van der Waals surface area contributed by atoms with Crippen molar-refractivity contribution in [2.45, 2.75) is 18.9 Å². The molecule has 6 heteroatoms. The molecule has 16 heavy (non-hydrogen) atoms. The molecule has 0 saturated heterocycles. The maximum atomic E-state index is 10.4. The van der Waals surface area contributed by atoms with Gasteiger partial charge in [0, 0.05) is 12.1 Å². The Hall–Kier alpha value is -1.95. The molecule has 0 saturated carbocycles. The van der Waals surface area contributed by atoms with Crippen LogP contribution in [0, 0.1) is 10.1 Å². The third-order valence-corrected chi connectivity index (χ3v) is 2.21. The standard InChI is InChI=1S/C10H12N2O4/c11-9(10(13)14)6-3-7-1-4-8(5-2-7)12(15)16/h1-2,4-5,9H,3,6,11H2,(H,13,14). The number of nitrogens with zero attached hydrogens (tertiary/aromatic N) is 1. The molecule has 1 aromatic rings. The number of nitrogens with two attached hydrogens (primary N) is 1. The Kier molecular flexibility index (Phi) is 3.96. The van der Waals surface area contributed by atoms with E-state index in [9.17, 15) is 14.9 Å². The van der Waals surface area contributed by atoms with Gasteiger partial charge in [0.2, 0.25) is 0 Å². The number of nitro groups is 1. The summed E-state index contributed by atoms with van der Waals surface area (Å²) >= 11 is 0. The van der Waals surface area contributed by atoms with Crippen LogP contribution in [-0.2, 0) is 11.2 Å². The van der Waals surface area contributed by atoms with Crippen molar-refractivity contribution in [2.24, 2.45) is 5.73 Å². The zero-order valence-electron chi connectivity index (χ0n) is 8.50. The Morgan fingerprint density at radius 3 is 2.44 bits per heavy atom. The maximum Gasteiger partial charge on any atom is 0.320 e. The van der Waals surface area contributed by atoms with Crippen LogP contribution in [0.2, 0.25) is 0 Å². The van der Waals surface area contributed by atoms with E-state index >= 15 is 0 Å². The van der Waals surface area contributed by atoms with Crippen LogP contribution in [-0.4, -0.2) is 22.0 Å². The van der Waals surface area contributed by atoms with Gasteiger partial charge in [-0.2, -0.15) is 0 Å². The molecule has 1 rings (SSSR count). The Balaban J connectivity index is 2.56. The highest BCUT2D eigenvalue weighted by atomic mass is 16.6. The van der Waals surface area contributed by atoms with Crippen molar-refractivity contribution in [1.29, 1.82) is 0 Å². The number of carboxylic acid groups (broad SMARTS) is 1. The Labute approximate surface area is 91.8 Å². The predicted octanol–water partition coefficient (Wildman–Crippen LogP) is 0.939. The van der Waals surface area contributed by atoms with Crippen LogP contribution >= 0.6 is 0 Å². The van der Waals surface area contributed by atoms with Gasteiger partial charge in [-0.25, -0.2) is 0 Å². The third kappa shape index (κ3) is 3.32. The van der Waals surface area contributed by atoms with Gasteiger partial charge in [-0.3, -0.25) is 14.9 Å². The van der Waals surface area contributed by atoms with E-state index in [-0.39, 0.29) is 5.69 Å². The van der Waals surface area contributed by atoms with Crippen molar-refractivity contribution in [3.05, 3.63) is 39.9 Å². The summed E-state index contributed by atoms with van der Waals surface area (Å²) in [5.74, 6) is -1.04. The van der Waals surface area contributed by atoms with Gasteiger partial charge in [0.15, 0.2) is 0 Å². The molecule has 0 aromatic heterocycles. The van der Waals surface area contributed by atoms with Gasteiger partial charge < -0.3 is 10.8 Å². The van der Waals surface area contributed by atoms with E-state index < -0.39 is 16.9 Å². The maximum absolute atomic E-state index is 10.4. The Bertz CT molecular complexity index is 388. The second-order valence-electron chi connectivity index (χ2n) is 3.41. The number of hydrogen-bond donors (Lipinski definition) is 2. The smallest absolute Gasteiger partial charge is 0.320 e. The second kappa shape index (κ2) is 5.22. The Morgan fingerprint density at radius 2 is 2.00 bits per heavy atom. The van der Waals surface area contributed by atoms with Crippen molar-refractivity contribution >= 4 is 11.7 Å². The zero-order chi connectivity index (χ0) is 12.1. The van der Waals surface area contributed by atoms with E-state index in [1.165, 1.54) is 12.1 Å². The van der Waals surface area contributed by atoms with Crippen LogP contribution in [0.15, 0.2) is 24.3 Å². The van der Waals surface area contributed by atoms with Crippen molar-refractivity contribution in [1.82, 2.24) is 0 Å². The fraction of sp³-hybridized carbons (Fsp3) is 0.300. The molecule has 0 aliphatic carbocycles.